The van der Waals surface area contributed by atoms with E-state index < -0.39 is 0 Å². The Balaban J connectivity index is 1.39. The summed E-state index contributed by atoms with van der Waals surface area (Å²) in [7, 11) is 0. The van der Waals surface area contributed by atoms with Gasteiger partial charge >= 0.3 is 0 Å². The van der Waals surface area contributed by atoms with E-state index in [4.69, 9.17) is 8.83 Å². The van der Waals surface area contributed by atoms with Crippen LogP contribution in [0, 0.1) is 0 Å². The molecule has 0 spiro atoms. The molecule has 5 rings (SSSR count). The van der Waals surface area contributed by atoms with Crippen LogP contribution in [0.25, 0.3) is 22.4 Å². The summed E-state index contributed by atoms with van der Waals surface area (Å²) in [6, 6.07) is 8.28. The van der Waals surface area contributed by atoms with Gasteiger partial charge in [-0.15, -0.1) is 21.5 Å². The molecule has 0 unspecified atom stereocenters. The second-order valence-electron chi connectivity index (χ2n) is 6.86. The minimum atomic E-state index is 0.422. The fourth-order valence-corrected chi connectivity index (χ4v) is 5.18. The molecule has 0 bridgehead atoms. The van der Waals surface area contributed by atoms with Crippen LogP contribution < -0.4 is 0 Å². The molecule has 1 aliphatic carbocycles. The van der Waals surface area contributed by atoms with E-state index in [-0.39, 0.29) is 0 Å². The zero-order valence-electron chi connectivity index (χ0n) is 15.3. The molecule has 6 nitrogen and oxygen atoms in total. The summed E-state index contributed by atoms with van der Waals surface area (Å²) in [4.78, 5) is 5.66. The molecule has 1 saturated carbocycles. The van der Waals surface area contributed by atoms with Crippen molar-refractivity contribution in [3.05, 3.63) is 47.9 Å². The van der Waals surface area contributed by atoms with Crippen LogP contribution >= 0.6 is 23.1 Å². The number of rotatable bonds is 6. The van der Waals surface area contributed by atoms with Gasteiger partial charge in [0.1, 0.15) is 6.26 Å². The molecule has 0 aliphatic heterocycles. The molecular weight excluding hydrogens is 392 g/mol. The standard InChI is InChI=1S/C20H20N4O2S2/c1-2-6-15(7-3-1)24-18(16-8-4-10-25-16)22-23-20(24)28-13-14-12-26-19(21-14)17-9-5-11-27-17/h4-5,8-12,15H,1-3,6-7,13H2. The highest BCUT2D eigenvalue weighted by Gasteiger charge is 2.25. The largest absolute Gasteiger partial charge is 0.461 e. The highest BCUT2D eigenvalue weighted by molar-refractivity contribution is 7.98. The summed E-state index contributed by atoms with van der Waals surface area (Å²) in [6.07, 6.45) is 9.54. The van der Waals surface area contributed by atoms with Crippen molar-refractivity contribution in [3.8, 4) is 22.4 Å². The highest BCUT2D eigenvalue weighted by atomic mass is 32.2. The number of hydrogen-bond donors (Lipinski definition) is 0. The summed E-state index contributed by atoms with van der Waals surface area (Å²) < 4.78 is 13.5. The van der Waals surface area contributed by atoms with Crippen molar-refractivity contribution in [2.24, 2.45) is 0 Å². The molecule has 4 aromatic heterocycles. The Morgan fingerprint density at radius 2 is 2.04 bits per heavy atom. The van der Waals surface area contributed by atoms with Gasteiger partial charge in [-0.25, -0.2) is 4.98 Å². The first-order chi connectivity index (χ1) is 13.9. The van der Waals surface area contributed by atoms with Gasteiger partial charge in [0.15, 0.2) is 10.9 Å². The number of thiophene rings is 1. The van der Waals surface area contributed by atoms with E-state index in [1.165, 1.54) is 19.3 Å². The van der Waals surface area contributed by atoms with Gasteiger partial charge in [-0.05, 0) is 36.4 Å². The maximum atomic E-state index is 5.64. The molecule has 144 valence electrons. The molecule has 8 heteroatoms. The van der Waals surface area contributed by atoms with E-state index in [1.54, 1.807) is 35.6 Å². The van der Waals surface area contributed by atoms with Crippen molar-refractivity contribution in [3.63, 3.8) is 0 Å². The number of thioether (sulfide) groups is 1. The average Bonchev–Trinajstić information content (AvgIpc) is 3.53. The zero-order valence-corrected chi connectivity index (χ0v) is 16.9. The van der Waals surface area contributed by atoms with Gasteiger partial charge in [0.25, 0.3) is 0 Å². The van der Waals surface area contributed by atoms with E-state index in [2.05, 4.69) is 19.7 Å². The van der Waals surface area contributed by atoms with Crippen LogP contribution in [-0.4, -0.2) is 19.7 Å². The maximum absolute atomic E-state index is 5.64. The third kappa shape index (κ3) is 3.54. The van der Waals surface area contributed by atoms with Crippen molar-refractivity contribution in [1.29, 1.82) is 0 Å². The van der Waals surface area contributed by atoms with Gasteiger partial charge in [0.2, 0.25) is 11.7 Å². The SMILES string of the molecule is c1coc(-c2nnc(SCc3coc(-c4cccs4)n3)n2C2CCCCC2)c1. The molecule has 0 amide bonds. The Kier molecular flexibility index (Phi) is 5.05. The lowest BCUT2D eigenvalue weighted by molar-refractivity contribution is 0.337. The molecule has 1 fully saturated rings. The van der Waals surface area contributed by atoms with Gasteiger partial charge in [0.05, 0.1) is 16.8 Å². The Bertz CT molecular complexity index is 1010. The van der Waals surface area contributed by atoms with Crippen molar-refractivity contribution >= 4 is 23.1 Å². The van der Waals surface area contributed by atoms with Gasteiger partial charge in [-0.3, -0.25) is 4.57 Å². The Hall–Kier alpha value is -2.32. The smallest absolute Gasteiger partial charge is 0.236 e. The highest BCUT2D eigenvalue weighted by Crippen LogP contribution is 2.36. The van der Waals surface area contributed by atoms with Crippen LogP contribution in [-0.2, 0) is 5.75 Å². The molecule has 0 aromatic carbocycles. The second kappa shape index (κ2) is 7.97. The summed E-state index contributed by atoms with van der Waals surface area (Å²) in [6.45, 7) is 0. The lowest BCUT2D eigenvalue weighted by Crippen LogP contribution is -2.15. The summed E-state index contributed by atoms with van der Waals surface area (Å²) >= 11 is 3.28. The van der Waals surface area contributed by atoms with Crippen LogP contribution in [0.3, 0.4) is 0 Å². The molecule has 0 saturated heterocycles. The number of nitrogens with zero attached hydrogens (tertiary/aromatic N) is 4. The number of oxazole rings is 1. The van der Waals surface area contributed by atoms with Crippen LogP contribution in [0.15, 0.2) is 56.2 Å². The van der Waals surface area contributed by atoms with Crippen LogP contribution in [0.5, 0.6) is 0 Å². The van der Waals surface area contributed by atoms with Crippen LogP contribution in [0.1, 0.15) is 43.8 Å². The van der Waals surface area contributed by atoms with Crippen molar-refractivity contribution in [2.75, 3.05) is 0 Å². The molecule has 4 aromatic rings. The lowest BCUT2D eigenvalue weighted by Gasteiger charge is -2.25. The quantitative estimate of drug-likeness (QED) is 0.359. The van der Waals surface area contributed by atoms with Crippen LogP contribution in [0.2, 0.25) is 0 Å². The van der Waals surface area contributed by atoms with E-state index in [0.717, 1.165) is 40.2 Å². The Morgan fingerprint density at radius 1 is 1.11 bits per heavy atom. The summed E-state index contributed by atoms with van der Waals surface area (Å²) in [5, 5.41) is 11.9. The van der Waals surface area contributed by atoms with Gasteiger partial charge in [-0.2, -0.15) is 0 Å². The molecule has 0 atom stereocenters. The number of aromatic nitrogens is 4. The molecule has 0 radical (unpaired) electrons. The topological polar surface area (TPSA) is 69.9 Å². The first-order valence-corrected chi connectivity index (χ1v) is 11.3. The fourth-order valence-electron chi connectivity index (χ4n) is 3.64. The minimum Gasteiger partial charge on any atom is -0.461 e. The van der Waals surface area contributed by atoms with E-state index in [0.29, 0.717) is 17.7 Å². The van der Waals surface area contributed by atoms with Gasteiger partial charge < -0.3 is 8.83 Å². The first-order valence-electron chi connectivity index (χ1n) is 9.48. The average molecular weight is 413 g/mol. The van der Waals surface area contributed by atoms with Crippen molar-refractivity contribution < 1.29 is 8.83 Å². The number of hydrogen-bond acceptors (Lipinski definition) is 7. The van der Waals surface area contributed by atoms with Gasteiger partial charge in [0, 0.05) is 11.8 Å². The normalized spacial score (nSPS) is 15.3. The van der Waals surface area contributed by atoms with E-state index in [9.17, 15) is 0 Å². The monoisotopic (exact) mass is 412 g/mol. The minimum absolute atomic E-state index is 0.422. The van der Waals surface area contributed by atoms with Crippen molar-refractivity contribution in [1.82, 2.24) is 19.7 Å². The molecular formula is C20H20N4O2S2. The molecule has 28 heavy (non-hydrogen) atoms. The predicted octanol–water partition coefficient (Wildman–Crippen LogP) is 6.05. The third-order valence-corrected chi connectivity index (χ3v) is 6.81. The Labute approximate surface area is 171 Å². The second-order valence-corrected chi connectivity index (χ2v) is 8.75. The van der Waals surface area contributed by atoms with Crippen LogP contribution in [0.4, 0.5) is 0 Å². The summed E-state index contributed by atoms with van der Waals surface area (Å²) in [5.74, 6) is 2.96. The molecule has 4 heterocycles. The van der Waals surface area contributed by atoms with Crippen molar-refractivity contribution in [2.45, 2.75) is 49.1 Å². The predicted molar refractivity (Wildman–Crippen MR) is 109 cm³/mol. The number of furan rings is 1. The Morgan fingerprint density at radius 3 is 2.82 bits per heavy atom. The van der Waals surface area contributed by atoms with Gasteiger partial charge in [-0.1, -0.05) is 37.1 Å². The molecule has 1 aliphatic rings. The molecule has 0 N–H and O–H groups in total. The third-order valence-electron chi connectivity index (χ3n) is 4.98. The maximum Gasteiger partial charge on any atom is 0.236 e. The first kappa shape index (κ1) is 17.8. The summed E-state index contributed by atoms with van der Waals surface area (Å²) in [5.41, 5.74) is 0.908. The van der Waals surface area contributed by atoms with E-state index in [1.807, 2.05) is 29.6 Å². The zero-order chi connectivity index (χ0) is 18.8. The van der Waals surface area contributed by atoms with E-state index >= 15 is 0 Å². The fraction of sp³-hybridized carbons (Fsp3) is 0.350. The lowest BCUT2D eigenvalue weighted by atomic mass is 9.95.